The van der Waals surface area contributed by atoms with E-state index in [4.69, 9.17) is 4.74 Å². The first kappa shape index (κ1) is 27.7. The highest BCUT2D eigenvalue weighted by molar-refractivity contribution is 9.10. The third kappa shape index (κ3) is 4.98. The minimum absolute atomic E-state index is 0.0214. The van der Waals surface area contributed by atoms with E-state index in [0.717, 1.165) is 48.3 Å². The first-order valence-corrected chi connectivity index (χ1v) is 16.3. The lowest BCUT2D eigenvalue weighted by Gasteiger charge is -2.64. The average molecular weight is 572 g/mol. The molecule has 5 rings (SSSR count). The number of benzene rings is 1. The lowest BCUT2D eigenvalue weighted by Crippen LogP contribution is -2.60. The van der Waals surface area contributed by atoms with Gasteiger partial charge < -0.3 is 4.74 Å². The molecule has 0 heterocycles. The minimum atomic E-state index is -0.160. The Kier molecular flexibility index (Phi) is 7.96. The van der Waals surface area contributed by atoms with Crippen LogP contribution in [-0.2, 0) is 4.74 Å². The highest BCUT2D eigenvalue weighted by Crippen LogP contribution is 2.71. The number of carbonyl (C=O) groups is 1. The molecule has 37 heavy (non-hydrogen) atoms. The second-order valence-corrected chi connectivity index (χ2v) is 16.0. The van der Waals surface area contributed by atoms with Crippen LogP contribution in [0.3, 0.4) is 0 Å². The maximum Gasteiger partial charge on any atom is 0.338 e. The largest absolute Gasteiger partial charge is 0.459 e. The molecular weight excluding hydrogens is 520 g/mol. The third-order valence-corrected chi connectivity index (χ3v) is 13.8. The molecular formula is C34H51BrO2. The fourth-order valence-corrected chi connectivity index (χ4v) is 11.2. The fourth-order valence-electron chi connectivity index (χ4n) is 10.1. The van der Waals surface area contributed by atoms with Gasteiger partial charge in [-0.25, -0.2) is 4.79 Å². The van der Waals surface area contributed by atoms with Gasteiger partial charge >= 0.3 is 5.97 Å². The Morgan fingerprint density at radius 1 is 0.946 bits per heavy atom. The van der Waals surface area contributed by atoms with E-state index < -0.39 is 0 Å². The molecule has 4 fully saturated rings. The first-order valence-electron chi connectivity index (χ1n) is 15.5. The lowest BCUT2D eigenvalue weighted by atomic mass is 9.44. The van der Waals surface area contributed by atoms with Gasteiger partial charge in [-0.05, 0) is 110 Å². The zero-order chi connectivity index (χ0) is 26.4. The molecule has 0 aliphatic heterocycles. The number of hydrogen-bond donors (Lipinski definition) is 0. The standard InChI is InChI=1S/C34H51BrO2/c1-23(2)10-9-11-24(3)28-14-15-29-27-17-21-34(35)22-26(37-31(36)25-12-7-6-8-13-25)16-20-33(34,5)30(27)18-19-32(28,29)4/h6-8,12-13,23-24,26-30H,9-11,14-22H2,1-5H3/t24-,26-,27-,28-,29+,30-,32+,33+,34-/m0/s1. The van der Waals surface area contributed by atoms with Crippen LogP contribution in [0.1, 0.15) is 122 Å². The summed E-state index contributed by atoms with van der Waals surface area (Å²) in [4.78, 5) is 12.8. The van der Waals surface area contributed by atoms with E-state index in [0.29, 0.717) is 16.4 Å². The van der Waals surface area contributed by atoms with Gasteiger partial charge in [0.05, 0.1) is 5.56 Å². The summed E-state index contributed by atoms with van der Waals surface area (Å²) in [5.74, 6) is 5.05. The summed E-state index contributed by atoms with van der Waals surface area (Å²) in [5, 5.41) is 0. The first-order chi connectivity index (χ1) is 17.6. The molecule has 0 aromatic heterocycles. The van der Waals surface area contributed by atoms with Crippen molar-refractivity contribution >= 4 is 21.9 Å². The van der Waals surface area contributed by atoms with E-state index in [1.54, 1.807) is 0 Å². The van der Waals surface area contributed by atoms with E-state index in [1.807, 2.05) is 30.3 Å². The van der Waals surface area contributed by atoms with Crippen molar-refractivity contribution in [1.29, 1.82) is 0 Å². The summed E-state index contributed by atoms with van der Waals surface area (Å²) in [6.07, 6.45) is 15.7. The predicted molar refractivity (Wildman–Crippen MR) is 157 cm³/mol. The number of carbonyl (C=O) groups excluding carboxylic acids is 1. The van der Waals surface area contributed by atoms with Gasteiger partial charge in [0, 0.05) is 10.7 Å². The maximum absolute atomic E-state index is 12.8. The molecule has 206 valence electrons. The summed E-state index contributed by atoms with van der Waals surface area (Å²) in [6, 6.07) is 9.51. The smallest absolute Gasteiger partial charge is 0.338 e. The van der Waals surface area contributed by atoms with Crippen molar-refractivity contribution in [1.82, 2.24) is 0 Å². The molecule has 1 aromatic rings. The molecule has 4 saturated carbocycles. The molecule has 4 aliphatic rings. The van der Waals surface area contributed by atoms with Crippen molar-refractivity contribution in [2.75, 3.05) is 0 Å². The molecule has 0 spiro atoms. The Labute approximate surface area is 235 Å². The third-order valence-electron chi connectivity index (χ3n) is 12.2. The summed E-state index contributed by atoms with van der Waals surface area (Å²) < 4.78 is 6.17. The molecule has 4 aliphatic carbocycles. The van der Waals surface area contributed by atoms with E-state index in [1.165, 1.54) is 64.2 Å². The van der Waals surface area contributed by atoms with Crippen LogP contribution in [0.25, 0.3) is 0 Å². The van der Waals surface area contributed by atoms with Gasteiger partial charge in [0.1, 0.15) is 6.10 Å². The van der Waals surface area contributed by atoms with Crippen molar-refractivity contribution < 1.29 is 9.53 Å². The topological polar surface area (TPSA) is 26.3 Å². The van der Waals surface area contributed by atoms with Crippen LogP contribution in [0, 0.1) is 46.3 Å². The molecule has 0 N–H and O–H groups in total. The zero-order valence-corrected chi connectivity index (χ0v) is 25.7. The van der Waals surface area contributed by atoms with Gasteiger partial charge in [0.15, 0.2) is 0 Å². The van der Waals surface area contributed by atoms with E-state index >= 15 is 0 Å². The maximum atomic E-state index is 12.8. The number of alkyl halides is 1. The highest BCUT2D eigenvalue weighted by Gasteiger charge is 2.64. The Hall–Kier alpha value is -0.830. The van der Waals surface area contributed by atoms with E-state index in [-0.39, 0.29) is 16.4 Å². The minimum Gasteiger partial charge on any atom is -0.459 e. The monoisotopic (exact) mass is 570 g/mol. The second-order valence-electron chi connectivity index (χ2n) is 14.5. The summed E-state index contributed by atoms with van der Waals surface area (Å²) in [7, 11) is 0. The van der Waals surface area contributed by atoms with Crippen molar-refractivity contribution in [3.05, 3.63) is 35.9 Å². The molecule has 0 amide bonds. The Balaban J connectivity index is 1.26. The van der Waals surface area contributed by atoms with Crippen LogP contribution in [0.15, 0.2) is 30.3 Å². The van der Waals surface area contributed by atoms with Crippen molar-refractivity contribution in [2.45, 2.75) is 122 Å². The van der Waals surface area contributed by atoms with Gasteiger partial charge in [-0.15, -0.1) is 0 Å². The molecule has 3 heteroatoms. The van der Waals surface area contributed by atoms with Gasteiger partial charge in [0.2, 0.25) is 0 Å². The molecule has 9 atom stereocenters. The number of esters is 1. The number of fused-ring (bicyclic) bond motifs is 5. The van der Waals surface area contributed by atoms with Crippen LogP contribution in [0.2, 0.25) is 0 Å². The van der Waals surface area contributed by atoms with Gasteiger partial charge in [0.25, 0.3) is 0 Å². The molecule has 1 aromatic carbocycles. The van der Waals surface area contributed by atoms with Crippen molar-refractivity contribution in [2.24, 2.45) is 46.3 Å². The van der Waals surface area contributed by atoms with Crippen LogP contribution < -0.4 is 0 Å². The predicted octanol–water partition coefficient (Wildman–Crippen LogP) is 9.85. The highest BCUT2D eigenvalue weighted by atomic mass is 79.9. The van der Waals surface area contributed by atoms with Crippen molar-refractivity contribution in [3.8, 4) is 0 Å². The quantitative estimate of drug-likeness (QED) is 0.241. The van der Waals surface area contributed by atoms with Crippen LogP contribution in [0.4, 0.5) is 0 Å². The van der Waals surface area contributed by atoms with Gasteiger partial charge in [-0.1, -0.05) is 88.0 Å². The number of hydrogen-bond acceptors (Lipinski definition) is 2. The Bertz CT molecular complexity index is 944. The molecule has 0 saturated heterocycles. The summed E-state index contributed by atoms with van der Waals surface area (Å²) in [6.45, 7) is 12.6. The summed E-state index contributed by atoms with van der Waals surface area (Å²) >= 11 is 4.35. The molecule has 0 radical (unpaired) electrons. The summed E-state index contributed by atoms with van der Waals surface area (Å²) in [5.41, 5.74) is 1.51. The lowest BCUT2D eigenvalue weighted by molar-refractivity contribution is -0.116. The van der Waals surface area contributed by atoms with E-state index in [9.17, 15) is 4.79 Å². The van der Waals surface area contributed by atoms with Crippen LogP contribution >= 0.6 is 15.9 Å². The Morgan fingerprint density at radius 2 is 1.70 bits per heavy atom. The van der Waals surface area contributed by atoms with Crippen LogP contribution in [0.5, 0.6) is 0 Å². The Morgan fingerprint density at radius 3 is 2.43 bits per heavy atom. The zero-order valence-electron chi connectivity index (χ0n) is 24.1. The van der Waals surface area contributed by atoms with Gasteiger partial charge in [-0.2, -0.15) is 0 Å². The van der Waals surface area contributed by atoms with Crippen molar-refractivity contribution in [3.63, 3.8) is 0 Å². The number of halogens is 1. The number of ether oxygens (including phenoxy) is 1. The van der Waals surface area contributed by atoms with Crippen LogP contribution in [-0.4, -0.2) is 16.4 Å². The molecule has 0 unspecified atom stereocenters. The molecule has 2 nitrogen and oxygen atoms in total. The normalized spacial score (nSPS) is 42.0. The molecule has 0 bridgehead atoms. The average Bonchev–Trinajstić information content (AvgIpc) is 3.22. The van der Waals surface area contributed by atoms with Gasteiger partial charge in [-0.3, -0.25) is 0 Å². The van der Waals surface area contributed by atoms with E-state index in [2.05, 4.69) is 50.5 Å². The second kappa shape index (κ2) is 10.6. The SMILES string of the molecule is CC(C)CCC[C@H](C)[C@@H]1CC[C@@H]2[C@@H]3CC[C@]4(Br)C[C@@H](OC(=O)c5ccccc5)CC[C@]4(C)[C@H]3CC[C@@]21C. The number of rotatable bonds is 7. The fraction of sp³-hybridized carbons (Fsp3) is 0.794.